The molecule has 1 unspecified atom stereocenters. The van der Waals surface area contributed by atoms with Crippen molar-refractivity contribution >= 4 is 0 Å². The summed E-state index contributed by atoms with van der Waals surface area (Å²) < 4.78 is 5.21. The maximum Gasteiger partial charge on any atom is 0.119 e. The molecule has 2 heteroatoms. The van der Waals surface area contributed by atoms with Crippen LogP contribution < -0.4 is 10.1 Å². The molecule has 0 aliphatic carbocycles. The Morgan fingerprint density at radius 3 is 2.88 bits per heavy atom. The molecule has 2 nitrogen and oxygen atoms in total. The van der Waals surface area contributed by atoms with Gasteiger partial charge in [0.15, 0.2) is 0 Å². The number of nitrogens with one attached hydrogen (secondary N) is 1. The van der Waals surface area contributed by atoms with Crippen LogP contribution in [0.3, 0.4) is 0 Å². The van der Waals surface area contributed by atoms with Crippen LogP contribution in [0, 0.1) is 0 Å². The molecule has 0 amide bonds. The molecule has 1 atom stereocenters. The standard InChI is InChI=1S/C14H23NO/c1-4-15-12(2)7-5-8-13-9-6-10-14(11-13)16-3/h6,9-12,15H,4-5,7-8H2,1-3H3. The van der Waals surface area contributed by atoms with Crippen LogP contribution >= 0.6 is 0 Å². The number of hydrogen-bond acceptors (Lipinski definition) is 2. The van der Waals surface area contributed by atoms with E-state index in [0.29, 0.717) is 6.04 Å². The maximum atomic E-state index is 5.21. The van der Waals surface area contributed by atoms with E-state index in [1.807, 2.05) is 6.07 Å². The lowest BCUT2D eigenvalue weighted by Gasteiger charge is -2.11. The minimum Gasteiger partial charge on any atom is -0.497 e. The summed E-state index contributed by atoms with van der Waals surface area (Å²) in [7, 11) is 1.71. The maximum absolute atomic E-state index is 5.21. The summed E-state index contributed by atoms with van der Waals surface area (Å²) in [6, 6.07) is 8.96. The van der Waals surface area contributed by atoms with Gasteiger partial charge in [-0.05, 0) is 50.4 Å². The summed E-state index contributed by atoms with van der Waals surface area (Å²) in [6.07, 6.45) is 3.58. The van der Waals surface area contributed by atoms with Crippen LogP contribution in [0.4, 0.5) is 0 Å². The molecule has 16 heavy (non-hydrogen) atoms. The second kappa shape index (κ2) is 7.29. The molecule has 1 N–H and O–H groups in total. The highest BCUT2D eigenvalue weighted by Crippen LogP contribution is 2.14. The van der Waals surface area contributed by atoms with E-state index in [-0.39, 0.29) is 0 Å². The molecule has 0 aliphatic rings. The number of benzene rings is 1. The third-order valence-corrected chi connectivity index (χ3v) is 2.79. The number of methoxy groups -OCH3 is 1. The average Bonchev–Trinajstić information content (AvgIpc) is 2.30. The van der Waals surface area contributed by atoms with E-state index in [2.05, 4.69) is 37.4 Å². The molecule has 1 rings (SSSR count). The third-order valence-electron chi connectivity index (χ3n) is 2.79. The van der Waals surface area contributed by atoms with Gasteiger partial charge in [0.1, 0.15) is 5.75 Å². The van der Waals surface area contributed by atoms with Crippen molar-refractivity contribution in [2.24, 2.45) is 0 Å². The molecule has 0 radical (unpaired) electrons. The van der Waals surface area contributed by atoms with Gasteiger partial charge in [0.05, 0.1) is 7.11 Å². The number of ether oxygens (including phenoxy) is 1. The van der Waals surface area contributed by atoms with Crippen molar-refractivity contribution in [1.29, 1.82) is 0 Å². The molecule has 1 aromatic rings. The van der Waals surface area contributed by atoms with Gasteiger partial charge in [0.2, 0.25) is 0 Å². The normalized spacial score (nSPS) is 12.4. The van der Waals surface area contributed by atoms with Gasteiger partial charge in [0.25, 0.3) is 0 Å². The van der Waals surface area contributed by atoms with E-state index in [1.54, 1.807) is 7.11 Å². The largest absolute Gasteiger partial charge is 0.497 e. The average molecular weight is 221 g/mol. The zero-order chi connectivity index (χ0) is 11.8. The highest BCUT2D eigenvalue weighted by Gasteiger charge is 2.00. The molecule has 0 bridgehead atoms. The van der Waals surface area contributed by atoms with Crippen LogP contribution in [0.5, 0.6) is 5.75 Å². The molecule has 1 aromatic carbocycles. The fraction of sp³-hybridized carbons (Fsp3) is 0.571. The van der Waals surface area contributed by atoms with E-state index in [1.165, 1.54) is 18.4 Å². The SMILES string of the molecule is CCNC(C)CCCc1cccc(OC)c1. The Labute approximate surface area is 99.0 Å². The Hall–Kier alpha value is -1.02. The van der Waals surface area contributed by atoms with Gasteiger partial charge >= 0.3 is 0 Å². The van der Waals surface area contributed by atoms with Gasteiger partial charge in [-0.3, -0.25) is 0 Å². The minimum absolute atomic E-state index is 0.621. The zero-order valence-electron chi connectivity index (χ0n) is 10.6. The Morgan fingerprint density at radius 1 is 1.38 bits per heavy atom. The van der Waals surface area contributed by atoms with Crippen LogP contribution in [-0.4, -0.2) is 19.7 Å². The lowest BCUT2D eigenvalue weighted by molar-refractivity contribution is 0.414. The zero-order valence-corrected chi connectivity index (χ0v) is 10.6. The van der Waals surface area contributed by atoms with Crippen molar-refractivity contribution in [3.63, 3.8) is 0 Å². The fourth-order valence-electron chi connectivity index (χ4n) is 1.89. The number of rotatable bonds is 7. The third kappa shape index (κ3) is 4.67. The van der Waals surface area contributed by atoms with Crippen molar-refractivity contribution in [3.8, 4) is 5.75 Å². The first-order valence-corrected chi connectivity index (χ1v) is 6.12. The van der Waals surface area contributed by atoms with Gasteiger partial charge in [-0.1, -0.05) is 19.1 Å². The van der Waals surface area contributed by atoms with E-state index in [4.69, 9.17) is 4.74 Å². The smallest absolute Gasteiger partial charge is 0.119 e. The first-order chi connectivity index (χ1) is 7.76. The predicted octanol–water partition coefficient (Wildman–Crippen LogP) is 3.02. The van der Waals surface area contributed by atoms with Crippen molar-refractivity contribution < 1.29 is 4.74 Å². The Morgan fingerprint density at radius 2 is 2.19 bits per heavy atom. The minimum atomic E-state index is 0.621. The Kier molecular flexibility index (Phi) is 5.94. The van der Waals surface area contributed by atoms with Gasteiger partial charge in [0, 0.05) is 6.04 Å². The number of hydrogen-bond donors (Lipinski definition) is 1. The first kappa shape index (κ1) is 13.0. The lowest BCUT2D eigenvalue weighted by atomic mass is 10.1. The predicted molar refractivity (Wildman–Crippen MR) is 69.1 cm³/mol. The van der Waals surface area contributed by atoms with Crippen molar-refractivity contribution in [1.82, 2.24) is 5.32 Å². The second-order valence-electron chi connectivity index (χ2n) is 4.20. The summed E-state index contributed by atoms with van der Waals surface area (Å²) in [5.41, 5.74) is 1.36. The van der Waals surface area contributed by atoms with E-state index in [0.717, 1.165) is 18.7 Å². The quantitative estimate of drug-likeness (QED) is 0.764. The number of aryl methyl sites for hydroxylation is 1. The Balaban J connectivity index is 2.31. The van der Waals surface area contributed by atoms with Gasteiger partial charge in [-0.15, -0.1) is 0 Å². The monoisotopic (exact) mass is 221 g/mol. The summed E-state index contributed by atoms with van der Waals surface area (Å²) >= 11 is 0. The van der Waals surface area contributed by atoms with Crippen LogP contribution in [-0.2, 0) is 6.42 Å². The second-order valence-corrected chi connectivity index (χ2v) is 4.20. The topological polar surface area (TPSA) is 21.3 Å². The van der Waals surface area contributed by atoms with E-state index < -0.39 is 0 Å². The van der Waals surface area contributed by atoms with Crippen LogP contribution in [0.25, 0.3) is 0 Å². The fourth-order valence-corrected chi connectivity index (χ4v) is 1.89. The highest BCUT2D eigenvalue weighted by atomic mass is 16.5. The van der Waals surface area contributed by atoms with E-state index >= 15 is 0 Å². The molecule has 0 aromatic heterocycles. The highest BCUT2D eigenvalue weighted by molar-refractivity contribution is 5.28. The molecule has 0 aliphatic heterocycles. The van der Waals surface area contributed by atoms with Crippen LogP contribution in [0.1, 0.15) is 32.3 Å². The summed E-state index contributed by atoms with van der Waals surface area (Å²) in [5, 5.41) is 3.43. The molecule has 0 saturated carbocycles. The Bertz CT molecular complexity index is 299. The summed E-state index contributed by atoms with van der Waals surface area (Å²) in [4.78, 5) is 0. The summed E-state index contributed by atoms with van der Waals surface area (Å²) in [6.45, 7) is 5.45. The molecule has 0 heterocycles. The van der Waals surface area contributed by atoms with E-state index in [9.17, 15) is 0 Å². The van der Waals surface area contributed by atoms with Gasteiger partial charge < -0.3 is 10.1 Å². The molecule has 0 saturated heterocycles. The van der Waals surface area contributed by atoms with Gasteiger partial charge in [-0.2, -0.15) is 0 Å². The van der Waals surface area contributed by atoms with Crippen molar-refractivity contribution in [2.45, 2.75) is 39.2 Å². The van der Waals surface area contributed by atoms with Crippen molar-refractivity contribution in [3.05, 3.63) is 29.8 Å². The van der Waals surface area contributed by atoms with Crippen LogP contribution in [0.15, 0.2) is 24.3 Å². The molecule has 0 fully saturated rings. The van der Waals surface area contributed by atoms with Crippen molar-refractivity contribution in [2.75, 3.05) is 13.7 Å². The van der Waals surface area contributed by atoms with Crippen LogP contribution in [0.2, 0.25) is 0 Å². The summed E-state index contributed by atoms with van der Waals surface area (Å²) in [5.74, 6) is 0.956. The first-order valence-electron chi connectivity index (χ1n) is 6.12. The lowest BCUT2D eigenvalue weighted by Crippen LogP contribution is -2.25. The molecular formula is C14H23NO. The molecule has 0 spiro atoms. The van der Waals surface area contributed by atoms with Gasteiger partial charge in [-0.25, -0.2) is 0 Å². The molecular weight excluding hydrogens is 198 g/mol. The molecule has 90 valence electrons.